The summed E-state index contributed by atoms with van der Waals surface area (Å²) in [7, 11) is 0. The maximum absolute atomic E-state index is 13.4. The van der Waals surface area contributed by atoms with E-state index in [1.54, 1.807) is 12.1 Å². The van der Waals surface area contributed by atoms with Gasteiger partial charge in [0.1, 0.15) is 23.4 Å². The molecule has 3 nitrogen and oxygen atoms in total. The molecular formula is C15H14F2N2O. The van der Waals surface area contributed by atoms with Crippen molar-refractivity contribution in [3.05, 3.63) is 65.2 Å². The van der Waals surface area contributed by atoms with Crippen LogP contribution in [0.1, 0.15) is 17.2 Å². The molecular weight excluding hydrogens is 262 g/mol. The fourth-order valence-electron chi connectivity index (χ4n) is 1.74. The fourth-order valence-corrected chi connectivity index (χ4v) is 1.74. The zero-order valence-corrected chi connectivity index (χ0v) is 10.9. The highest BCUT2D eigenvalue weighted by molar-refractivity contribution is 5.95. The van der Waals surface area contributed by atoms with Gasteiger partial charge in [0.05, 0.1) is 0 Å². The van der Waals surface area contributed by atoms with Crippen LogP contribution in [-0.2, 0) is 4.79 Å². The van der Waals surface area contributed by atoms with Gasteiger partial charge in [0.15, 0.2) is 0 Å². The lowest BCUT2D eigenvalue weighted by Gasteiger charge is -2.13. The van der Waals surface area contributed by atoms with Crippen molar-refractivity contribution in [2.75, 3.05) is 5.32 Å². The van der Waals surface area contributed by atoms with Crippen LogP contribution < -0.4 is 11.1 Å². The summed E-state index contributed by atoms with van der Waals surface area (Å²) in [4.78, 5) is 11.9. The van der Waals surface area contributed by atoms with E-state index in [1.807, 2.05) is 19.1 Å². The molecule has 2 aromatic carbocycles. The van der Waals surface area contributed by atoms with Crippen molar-refractivity contribution in [2.45, 2.75) is 13.0 Å². The lowest BCUT2D eigenvalue weighted by molar-refractivity contribution is -0.117. The molecule has 0 radical (unpaired) electrons. The van der Waals surface area contributed by atoms with Crippen LogP contribution in [-0.4, -0.2) is 5.91 Å². The quantitative estimate of drug-likeness (QED) is 0.905. The number of amides is 1. The largest absolute Gasteiger partial charge is 0.320 e. The number of hydrogen-bond acceptors (Lipinski definition) is 2. The number of nitrogens with one attached hydrogen (secondary N) is 1. The molecule has 2 aromatic rings. The van der Waals surface area contributed by atoms with E-state index in [9.17, 15) is 13.6 Å². The summed E-state index contributed by atoms with van der Waals surface area (Å²) in [6.07, 6.45) is 0. The van der Waals surface area contributed by atoms with Gasteiger partial charge in [0.2, 0.25) is 5.91 Å². The number of para-hydroxylation sites is 1. The van der Waals surface area contributed by atoms with Crippen LogP contribution in [0.25, 0.3) is 0 Å². The number of aryl methyl sites for hydroxylation is 1. The molecule has 0 bridgehead atoms. The second kappa shape index (κ2) is 5.79. The molecule has 0 saturated heterocycles. The van der Waals surface area contributed by atoms with E-state index in [0.29, 0.717) is 5.56 Å². The van der Waals surface area contributed by atoms with Gasteiger partial charge >= 0.3 is 0 Å². The average Bonchev–Trinajstić information content (AvgIpc) is 2.43. The Hall–Kier alpha value is -2.27. The minimum atomic E-state index is -0.991. The van der Waals surface area contributed by atoms with Gasteiger partial charge in [0.25, 0.3) is 0 Å². The summed E-state index contributed by atoms with van der Waals surface area (Å²) in [5, 5.41) is 2.18. The first-order chi connectivity index (χ1) is 9.49. The van der Waals surface area contributed by atoms with Crippen LogP contribution in [0.2, 0.25) is 0 Å². The molecule has 0 spiro atoms. The number of benzene rings is 2. The van der Waals surface area contributed by atoms with Crippen LogP contribution in [0.15, 0.2) is 42.5 Å². The van der Waals surface area contributed by atoms with Crippen molar-refractivity contribution in [1.29, 1.82) is 0 Å². The van der Waals surface area contributed by atoms with Crippen molar-refractivity contribution in [1.82, 2.24) is 0 Å². The van der Waals surface area contributed by atoms with E-state index >= 15 is 0 Å². The minimum Gasteiger partial charge on any atom is -0.320 e. The third-order valence-corrected chi connectivity index (χ3v) is 2.93. The summed E-state index contributed by atoms with van der Waals surface area (Å²) in [5.74, 6) is -2.35. The molecule has 1 amide bonds. The highest BCUT2D eigenvalue weighted by Crippen LogP contribution is 2.20. The Kier molecular flexibility index (Phi) is 4.10. The third-order valence-electron chi connectivity index (χ3n) is 2.93. The molecule has 0 aliphatic carbocycles. The van der Waals surface area contributed by atoms with Gasteiger partial charge in [-0.05, 0) is 24.6 Å². The predicted molar refractivity (Wildman–Crippen MR) is 73.1 cm³/mol. The summed E-state index contributed by atoms with van der Waals surface area (Å²) in [6.45, 7) is 1.91. The third kappa shape index (κ3) is 3.00. The van der Waals surface area contributed by atoms with E-state index < -0.39 is 29.3 Å². The van der Waals surface area contributed by atoms with Gasteiger partial charge in [-0.15, -0.1) is 0 Å². The minimum absolute atomic E-state index is 0.486. The second-order valence-electron chi connectivity index (χ2n) is 4.47. The van der Waals surface area contributed by atoms with Crippen LogP contribution in [0, 0.1) is 18.6 Å². The number of hydrogen-bond donors (Lipinski definition) is 2. The van der Waals surface area contributed by atoms with E-state index in [0.717, 1.165) is 17.7 Å². The Labute approximate surface area is 115 Å². The summed E-state index contributed by atoms with van der Waals surface area (Å²) in [6, 6.07) is 9.40. The number of halogens is 2. The molecule has 20 heavy (non-hydrogen) atoms. The maximum Gasteiger partial charge on any atom is 0.246 e. The Morgan fingerprint density at radius 3 is 2.20 bits per heavy atom. The van der Waals surface area contributed by atoms with Gasteiger partial charge in [-0.3, -0.25) is 4.79 Å². The lowest BCUT2D eigenvalue weighted by Crippen LogP contribution is -2.28. The molecule has 104 valence electrons. The van der Waals surface area contributed by atoms with Crippen molar-refractivity contribution in [3.8, 4) is 0 Å². The Morgan fingerprint density at radius 1 is 1.10 bits per heavy atom. The maximum atomic E-state index is 13.4. The summed E-state index contributed by atoms with van der Waals surface area (Å²) in [5.41, 5.74) is 6.90. The lowest BCUT2D eigenvalue weighted by atomic mass is 10.1. The van der Waals surface area contributed by atoms with Crippen molar-refractivity contribution in [3.63, 3.8) is 0 Å². The number of carbonyl (C=O) groups is 1. The van der Waals surface area contributed by atoms with Crippen LogP contribution in [0.4, 0.5) is 14.5 Å². The Bertz CT molecular complexity index is 606. The van der Waals surface area contributed by atoms with E-state index in [1.165, 1.54) is 6.07 Å². The highest BCUT2D eigenvalue weighted by Gasteiger charge is 2.19. The van der Waals surface area contributed by atoms with Gasteiger partial charge in [-0.1, -0.05) is 35.9 Å². The fraction of sp³-hybridized carbons (Fsp3) is 0.133. The van der Waals surface area contributed by atoms with Gasteiger partial charge < -0.3 is 11.1 Å². The van der Waals surface area contributed by atoms with Gasteiger partial charge in [-0.2, -0.15) is 0 Å². The van der Waals surface area contributed by atoms with E-state index in [4.69, 9.17) is 5.73 Å². The number of anilines is 1. The zero-order chi connectivity index (χ0) is 14.7. The number of rotatable bonds is 3. The molecule has 1 unspecified atom stereocenters. The number of carbonyl (C=O) groups excluding carboxylic acids is 1. The van der Waals surface area contributed by atoms with Crippen molar-refractivity contribution in [2.24, 2.45) is 5.73 Å². The molecule has 1 atom stereocenters. The summed E-state index contributed by atoms with van der Waals surface area (Å²) >= 11 is 0. The number of nitrogens with two attached hydrogens (primary N) is 1. The first-order valence-electron chi connectivity index (χ1n) is 6.06. The Balaban J connectivity index is 2.18. The van der Waals surface area contributed by atoms with Gasteiger partial charge in [0, 0.05) is 0 Å². The molecule has 0 aliphatic rings. The normalized spacial score (nSPS) is 12.0. The molecule has 0 aliphatic heterocycles. The predicted octanol–water partition coefficient (Wildman–Crippen LogP) is 2.91. The molecule has 0 fully saturated rings. The molecule has 5 heteroatoms. The highest BCUT2D eigenvalue weighted by atomic mass is 19.1. The molecule has 2 rings (SSSR count). The SMILES string of the molecule is Cc1ccc(C(N)C(=O)Nc2c(F)cccc2F)cc1. The van der Waals surface area contributed by atoms with Crippen molar-refractivity contribution >= 4 is 11.6 Å². The monoisotopic (exact) mass is 276 g/mol. The zero-order valence-electron chi connectivity index (χ0n) is 10.9. The van der Waals surface area contributed by atoms with Gasteiger partial charge in [-0.25, -0.2) is 8.78 Å². The molecule has 3 N–H and O–H groups in total. The molecule has 0 heterocycles. The second-order valence-corrected chi connectivity index (χ2v) is 4.47. The van der Waals surface area contributed by atoms with Crippen molar-refractivity contribution < 1.29 is 13.6 Å². The Morgan fingerprint density at radius 2 is 1.65 bits per heavy atom. The van der Waals surface area contributed by atoms with Crippen LogP contribution in [0.5, 0.6) is 0 Å². The van der Waals surface area contributed by atoms with E-state index in [2.05, 4.69) is 5.32 Å². The smallest absolute Gasteiger partial charge is 0.246 e. The first kappa shape index (κ1) is 14.1. The summed E-state index contributed by atoms with van der Waals surface area (Å²) < 4.78 is 26.9. The molecule has 0 saturated carbocycles. The molecule has 0 aromatic heterocycles. The first-order valence-corrected chi connectivity index (χ1v) is 6.06. The standard InChI is InChI=1S/C15H14F2N2O/c1-9-5-7-10(8-6-9)13(18)15(20)19-14-11(16)3-2-4-12(14)17/h2-8,13H,18H2,1H3,(H,19,20). The van der Waals surface area contributed by atoms with Crippen LogP contribution >= 0.6 is 0 Å². The average molecular weight is 276 g/mol. The van der Waals surface area contributed by atoms with Crippen LogP contribution in [0.3, 0.4) is 0 Å². The topological polar surface area (TPSA) is 55.1 Å². The van der Waals surface area contributed by atoms with E-state index in [-0.39, 0.29) is 0 Å².